The van der Waals surface area contributed by atoms with Gasteiger partial charge in [0.2, 0.25) is 0 Å². The lowest BCUT2D eigenvalue weighted by molar-refractivity contribution is -0.142. The smallest absolute Gasteiger partial charge is 0.252 e. The second-order valence-electron chi connectivity index (χ2n) is 4.66. The molecule has 1 amide bonds. The van der Waals surface area contributed by atoms with Gasteiger partial charge in [0.05, 0.1) is 0 Å². The van der Waals surface area contributed by atoms with Crippen molar-refractivity contribution in [3.05, 3.63) is 0 Å². The number of nitrogens with one attached hydrogen (secondary N) is 1. The average Bonchev–Trinajstić information content (AvgIpc) is 2.10. The van der Waals surface area contributed by atoms with E-state index >= 15 is 0 Å². The molecule has 1 N–H and O–H groups in total. The topological polar surface area (TPSA) is 38.3 Å². The largest absolute Gasteiger partial charge is 0.369 e. The monoisotopic (exact) mass is 199 g/mol. The molecule has 0 aromatic heterocycles. The number of amides is 1. The van der Waals surface area contributed by atoms with E-state index in [4.69, 9.17) is 4.74 Å². The molecule has 14 heavy (non-hydrogen) atoms. The molecule has 0 aromatic carbocycles. The van der Waals surface area contributed by atoms with E-state index in [1.807, 2.05) is 0 Å². The molecule has 1 aliphatic carbocycles. The van der Waals surface area contributed by atoms with Gasteiger partial charge in [0.25, 0.3) is 5.91 Å². The van der Waals surface area contributed by atoms with Crippen molar-refractivity contribution in [1.29, 1.82) is 0 Å². The molecule has 0 unspecified atom stereocenters. The van der Waals surface area contributed by atoms with Crippen LogP contribution in [-0.2, 0) is 9.53 Å². The summed E-state index contributed by atoms with van der Waals surface area (Å²) in [4.78, 5) is 11.8. The molecule has 1 rings (SSSR count). The highest BCUT2D eigenvalue weighted by molar-refractivity contribution is 5.85. The Kier molecular flexibility index (Phi) is 3.20. The molecule has 3 nitrogen and oxygen atoms in total. The molecule has 0 atom stereocenters. The summed E-state index contributed by atoms with van der Waals surface area (Å²) < 4.78 is 5.15. The van der Waals surface area contributed by atoms with Gasteiger partial charge >= 0.3 is 0 Å². The zero-order chi connectivity index (χ0) is 10.8. The van der Waals surface area contributed by atoms with Gasteiger partial charge in [0.1, 0.15) is 5.60 Å². The van der Waals surface area contributed by atoms with Crippen molar-refractivity contribution in [3.63, 3.8) is 0 Å². The summed E-state index contributed by atoms with van der Waals surface area (Å²) in [5.74, 6) is 0.00144. The number of methoxy groups -OCH3 is 1. The summed E-state index contributed by atoms with van der Waals surface area (Å²) in [6, 6.07) is 0. The van der Waals surface area contributed by atoms with Gasteiger partial charge in [-0.3, -0.25) is 4.79 Å². The minimum Gasteiger partial charge on any atom is -0.369 e. The van der Waals surface area contributed by atoms with Crippen LogP contribution in [0, 0.1) is 0 Å². The summed E-state index contributed by atoms with van der Waals surface area (Å²) >= 11 is 0. The third kappa shape index (κ3) is 2.08. The summed E-state index contributed by atoms with van der Waals surface area (Å²) in [5, 5.41) is 3.11. The van der Waals surface area contributed by atoms with E-state index < -0.39 is 5.60 Å². The van der Waals surface area contributed by atoms with Gasteiger partial charge in [-0.25, -0.2) is 0 Å². The van der Waals surface area contributed by atoms with Crippen LogP contribution in [0.15, 0.2) is 0 Å². The minimum absolute atomic E-state index is 0.00144. The molecule has 0 radical (unpaired) electrons. The van der Waals surface area contributed by atoms with Crippen LogP contribution in [0.25, 0.3) is 0 Å². The van der Waals surface area contributed by atoms with E-state index in [-0.39, 0.29) is 11.4 Å². The number of carbonyl (C=O) groups is 1. The van der Waals surface area contributed by atoms with Gasteiger partial charge in [-0.15, -0.1) is 0 Å². The predicted octanol–water partition coefficient (Wildman–Crippen LogP) is 1.86. The number of ether oxygens (including phenoxy) is 1. The van der Waals surface area contributed by atoms with Crippen molar-refractivity contribution >= 4 is 5.91 Å². The Bertz CT molecular complexity index is 214. The lowest BCUT2D eigenvalue weighted by Crippen LogP contribution is -2.58. The first-order valence-corrected chi connectivity index (χ1v) is 5.33. The number of hydrogen-bond acceptors (Lipinski definition) is 2. The first-order chi connectivity index (χ1) is 6.46. The molecule has 1 aliphatic rings. The Hall–Kier alpha value is -0.570. The Morgan fingerprint density at radius 3 is 2.36 bits per heavy atom. The van der Waals surface area contributed by atoms with Gasteiger partial charge in [-0.05, 0) is 39.5 Å². The molecular weight excluding hydrogens is 178 g/mol. The normalized spacial score (nSPS) is 20.0. The van der Waals surface area contributed by atoms with Crippen LogP contribution >= 0.6 is 0 Å². The standard InChI is InChI=1S/C11H21NO2/c1-5-11(7-6-8-11)12-9(13)10(2,3)14-4/h5-8H2,1-4H3,(H,12,13). The molecule has 0 heterocycles. The maximum absolute atomic E-state index is 11.8. The molecule has 0 spiro atoms. The molecule has 3 heteroatoms. The average molecular weight is 199 g/mol. The molecule has 0 saturated heterocycles. The summed E-state index contributed by atoms with van der Waals surface area (Å²) in [5.41, 5.74) is -0.648. The fourth-order valence-electron chi connectivity index (χ4n) is 1.65. The maximum Gasteiger partial charge on any atom is 0.252 e. The SMILES string of the molecule is CCC1(NC(=O)C(C)(C)OC)CCC1. The van der Waals surface area contributed by atoms with Gasteiger partial charge < -0.3 is 10.1 Å². The molecule has 0 aliphatic heterocycles. The van der Waals surface area contributed by atoms with Crippen LogP contribution in [-0.4, -0.2) is 24.2 Å². The summed E-state index contributed by atoms with van der Waals surface area (Å²) in [6.45, 7) is 5.72. The van der Waals surface area contributed by atoms with E-state index in [0.717, 1.165) is 19.3 Å². The van der Waals surface area contributed by atoms with E-state index in [1.54, 1.807) is 21.0 Å². The molecule has 1 fully saturated rings. The van der Waals surface area contributed by atoms with E-state index in [0.29, 0.717) is 0 Å². The quantitative estimate of drug-likeness (QED) is 0.750. The van der Waals surface area contributed by atoms with Gasteiger partial charge in [-0.1, -0.05) is 6.92 Å². The van der Waals surface area contributed by atoms with Crippen LogP contribution < -0.4 is 5.32 Å². The lowest BCUT2D eigenvalue weighted by Gasteiger charge is -2.43. The molecule has 0 bridgehead atoms. The van der Waals surface area contributed by atoms with Crippen LogP contribution in [0.1, 0.15) is 46.5 Å². The minimum atomic E-state index is -0.711. The Morgan fingerprint density at radius 2 is 2.07 bits per heavy atom. The van der Waals surface area contributed by atoms with Gasteiger partial charge in [0.15, 0.2) is 0 Å². The highest BCUT2D eigenvalue weighted by Crippen LogP contribution is 2.35. The molecule has 1 saturated carbocycles. The second-order valence-corrected chi connectivity index (χ2v) is 4.66. The molecule has 82 valence electrons. The van der Waals surface area contributed by atoms with Gasteiger partial charge in [0, 0.05) is 12.6 Å². The number of carbonyl (C=O) groups excluding carboxylic acids is 1. The van der Waals surface area contributed by atoms with Crippen LogP contribution in [0.5, 0.6) is 0 Å². The maximum atomic E-state index is 11.8. The first kappa shape index (κ1) is 11.5. The van der Waals surface area contributed by atoms with Crippen molar-refractivity contribution in [2.45, 2.75) is 57.6 Å². The number of rotatable bonds is 4. The lowest BCUT2D eigenvalue weighted by atomic mass is 9.74. The van der Waals surface area contributed by atoms with Crippen LogP contribution in [0.2, 0.25) is 0 Å². The predicted molar refractivity (Wildman–Crippen MR) is 56.1 cm³/mol. The third-order valence-electron chi connectivity index (χ3n) is 3.42. The van der Waals surface area contributed by atoms with Gasteiger partial charge in [-0.2, -0.15) is 0 Å². The zero-order valence-electron chi connectivity index (χ0n) is 9.64. The fourth-order valence-corrected chi connectivity index (χ4v) is 1.65. The van der Waals surface area contributed by atoms with Crippen LogP contribution in [0.4, 0.5) is 0 Å². The fraction of sp³-hybridized carbons (Fsp3) is 0.909. The Morgan fingerprint density at radius 1 is 1.50 bits per heavy atom. The second kappa shape index (κ2) is 3.89. The number of hydrogen-bond donors (Lipinski definition) is 1. The summed E-state index contributed by atoms with van der Waals surface area (Å²) in [7, 11) is 1.57. The van der Waals surface area contributed by atoms with E-state index in [2.05, 4.69) is 12.2 Å². The third-order valence-corrected chi connectivity index (χ3v) is 3.42. The van der Waals surface area contributed by atoms with Crippen molar-refractivity contribution < 1.29 is 9.53 Å². The Labute approximate surface area is 86.2 Å². The Balaban J connectivity index is 2.55. The first-order valence-electron chi connectivity index (χ1n) is 5.33. The van der Waals surface area contributed by atoms with Crippen molar-refractivity contribution in [1.82, 2.24) is 5.32 Å². The zero-order valence-corrected chi connectivity index (χ0v) is 9.64. The van der Waals surface area contributed by atoms with E-state index in [9.17, 15) is 4.79 Å². The van der Waals surface area contributed by atoms with Crippen molar-refractivity contribution in [2.24, 2.45) is 0 Å². The molecular formula is C11H21NO2. The summed E-state index contributed by atoms with van der Waals surface area (Å²) in [6.07, 6.45) is 4.45. The van der Waals surface area contributed by atoms with Crippen molar-refractivity contribution in [3.8, 4) is 0 Å². The highest BCUT2D eigenvalue weighted by atomic mass is 16.5. The van der Waals surface area contributed by atoms with Crippen molar-refractivity contribution in [2.75, 3.05) is 7.11 Å². The molecule has 0 aromatic rings. The highest BCUT2D eigenvalue weighted by Gasteiger charge is 2.40. The van der Waals surface area contributed by atoms with Crippen LogP contribution in [0.3, 0.4) is 0 Å². The van der Waals surface area contributed by atoms with E-state index in [1.165, 1.54) is 6.42 Å².